The number of aromatic nitrogens is 2. The van der Waals surface area contributed by atoms with Gasteiger partial charge in [0.05, 0.1) is 11.1 Å². The Morgan fingerprint density at radius 2 is 1.50 bits per heavy atom. The molecule has 1 aromatic heterocycles. The Labute approximate surface area is 208 Å². The van der Waals surface area contributed by atoms with E-state index in [4.69, 9.17) is 4.74 Å². The molecule has 178 valence electrons. The standard InChI is InChI=1S/C30H24FN3O2/c1-30(2,27-21-11-5-7-13-25(21)36-26-14-8-6-12-22(26)27)28(35)34-29-32-17-24(33-29)20-15-16-23(31)19-10-4-3-9-18(19)20/h3-17,27H,1-2H3,(H2,32,33,34,35). The number of anilines is 1. The second-order valence-electron chi connectivity index (χ2n) is 9.56. The van der Waals surface area contributed by atoms with E-state index in [-0.39, 0.29) is 17.6 Å². The minimum Gasteiger partial charge on any atom is -0.457 e. The maximum absolute atomic E-state index is 14.3. The Bertz CT molecular complexity index is 1580. The van der Waals surface area contributed by atoms with Gasteiger partial charge in [0.25, 0.3) is 0 Å². The van der Waals surface area contributed by atoms with Crippen molar-refractivity contribution in [1.82, 2.24) is 9.97 Å². The van der Waals surface area contributed by atoms with Gasteiger partial charge in [-0.15, -0.1) is 0 Å². The number of nitrogens with zero attached hydrogens (tertiary/aromatic N) is 1. The minimum absolute atomic E-state index is 0.177. The average Bonchev–Trinajstić information content (AvgIpc) is 3.35. The first-order valence-electron chi connectivity index (χ1n) is 11.8. The van der Waals surface area contributed by atoms with Crippen molar-refractivity contribution in [2.45, 2.75) is 19.8 Å². The molecule has 0 aliphatic carbocycles. The van der Waals surface area contributed by atoms with Gasteiger partial charge in [0.15, 0.2) is 0 Å². The molecule has 2 heterocycles. The number of carbonyl (C=O) groups excluding carboxylic acids is 1. The average molecular weight is 478 g/mol. The predicted molar refractivity (Wildman–Crippen MR) is 139 cm³/mol. The molecule has 6 rings (SSSR count). The van der Waals surface area contributed by atoms with E-state index in [2.05, 4.69) is 15.3 Å². The summed E-state index contributed by atoms with van der Waals surface area (Å²) in [4.78, 5) is 21.4. The van der Waals surface area contributed by atoms with Crippen LogP contribution in [0.5, 0.6) is 11.5 Å². The summed E-state index contributed by atoms with van der Waals surface area (Å²) < 4.78 is 20.4. The maximum Gasteiger partial charge on any atom is 0.233 e. The van der Waals surface area contributed by atoms with Gasteiger partial charge >= 0.3 is 0 Å². The lowest BCUT2D eigenvalue weighted by atomic mass is 9.69. The number of halogens is 1. The van der Waals surface area contributed by atoms with Crippen LogP contribution in [0, 0.1) is 11.2 Å². The summed E-state index contributed by atoms with van der Waals surface area (Å²) >= 11 is 0. The molecule has 5 aromatic rings. The molecule has 1 amide bonds. The van der Waals surface area contributed by atoms with Gasteiger partial charge in [0.1, 0.15) is 17.3 Å². The molecule has 0 fully saturated rings. The number of benzene rings is 4. The van der Waals surface area contributed by atoms with Crippen molar-refractivity contribution < 1.29 is 13.9 Å². The molecule has 0 saturated heterocycles. The number of hydrogen-bond acceptors (Lipinski definition) is 3. The minimum atomic E-state index is -0.828. The van der Waals surface area contributed by atoms with Gasteiger partial charge in [-0.2, -0.15) is 0 Å². The number of amides is 1. The van der Waals surface area contributed by atoms with Crippen molar-refractivity contribution in [1.29, 1.82) is 0 Å². The first-order chi connectivity index (χ1) is 17.4. The number of hydrogen-bond donors (Lipinski definition) is 2. The van der Waals surface area contributed by atoms with Crippen LogP contribution in [0.4, 0.5) is 10.3 Å². The predicted octanol–water partition coefficient (Wildman–Crippen LogP) is 7.27. The van der Waals surface area contributed by atoms with Crippen LogP contribution in [-0.2, 0) is 4.79 Å². The number of rotatable bonds is 4. The van der Waals surface area contributed by atoms with Crippen LogP contribution in [-0.4, -0.2) is 15.9 Å². The molecule has 4 aromatic carbocycles. The van der Waals surface area contributed by atoms with Gasteiger partial charge < -0.3 is 9.72 Å². The van der Waals surface area contributed by atoms with E-state index in [1.165, 1.54) is 6.07 Å². The van der Waals surface area contributed by atoms with Crippen molar-refractivity contribution in [3.8, 4) is 22.8 Å². The zero-order valence-electron chi connectivity index (χ0n) is 19.9. The van der Waals surface area contributed by atoms with E-state index in [9.17, 15) is 9.18 Å². The number of aromatic amines is 1. The van der Waals surface area contributed by atoms with Crippen LogP contribution in [0.1, 0.15) is 30.9 Å². The van der Waals surface area contributed by atoms with Crippen LogP contribution in [0.15, 0.2) is 91.1 Å². The summed E-state index contributed by atoms with van der Waals surface area (Å²) in [6.45, 7) is 3.87. The fourth-order valence-electron chi connectivity index (χ4n) is 5.10. The summed E-state index contributed by atoms with van der Waals surface area (Å²) in [5.41, 5.74) is 2.52. The molecule has 0 atom stereocenters. The van der Waals surface area contributed by atoms with E-state index >= 15 is 0 Å². The highest BCUT2D eigenvalue weighted by Crippen LogP contribution is 2.52. The highest BCUT2D eigenvalue weighted by Gasteiger charge is 2.43. The quantitative estimate of drug-likeness (QED) is 0.286. The van der Waals surface area contributed by atoms with E-state index < -0.39 is 5.41 Å². The third-order valence-electron chi connectivity index (χ3n) is 6.94. The Hall–Kier alpha value is -4.45. The van der Waals surface area contributed by atoms with Crippen LogP contribution < -0.4 is 10.1 Å². The Morgan fingerprint density at radius 1 is 0.889 bits per heavy atom. The van der Waals surface area contributed by atoms with E-state index in [0.29, 0.717) is 17.0 Å². The van der Waals surface area contributed by atoms with Gasteiger partial charge in [0.2, 0.25) is 11.9 Å². The van der Waals surface area contributed by atoms with Crippen LogP contribution in [0.25, 0.3) is 22.0 Å². The van der Waals surface area contributed by atoms with Gasteiger partial charge in [-0.3, -0.25) is 10.1 Å². The zero-order chi connectivity index (χ0) is 24.9. The molecule has 36 heavy (non-hydrogen) atoms. The number of nitrogens with one attached hydrogen (secondary N) is 2. The second-order valence-corrected chi connectivity index (χ2v) is 9.56. The molecule has 6 heteroatoms. The molecule has 0 radical (unpaired) electrons. The summed E-state index contributed by atoms with van der Waals surface area (Å²) in [7, 11) is 0. The summed E-state index contributed by atoms with van der Waals surface area (Å²) in [6, 6.07) is 26.1. The number of carbonyl (C=O) groups is 1. The highest BCUT2D eigenvalue weighted by atomic mass is 19.1. The molecular weight excluding hydrogens is 453 g/mol. The van der Waals surface area contributed by atoms with Crippen LogP contribution in [0.3, 0.4) is 0 Å². The Morgan fingerprint density at radius 3 is 2.19 bits per heavy atom. The maximum atomic E-state index is 14.3. The molecule has 0 bridgehead atoms. The number of ether oxygens (including phenoxy) is 1. The summed E-state index contributed by atoms with van der Waals surface area (Å²) in [5.74, 6) is 1.18. The van der Waals surface area contributed by atoms with Gasteiger partial charge in [-0.05, 0) is 29.7 Å². The third-order valence-corrected chi connectivity index (χ3v) is 6.94. The van der Waals surface area contributed by atoms with Gasteiger partial charge in [0, 0.05) is 34.2 Å². The second kappa shape index (κ2) is 8.34. The van der Waals surface area contributed by atoms with Gasteiger partial charge in [-0.25, -0.2) is 9.37 Å². The largest absolute Gasteiger partial charge is 0.457 e. The summed E-state index contributed by atoms with van der Waals surface area (Å²) in [6.07, 6.45) is 1.72. The zero-order valence-corrected chi connectivity index (χ0v) is 19.9. The number of para-hydroxylation sites is 2. The van der Waals surface area contributed by atoms with Crippen molar-refractivity contribution in [3.63, 3.8) is 0 Å². The monoisotopic (exact) mass is 477 g/mol. The van der Waals surface area contributed by atoms with Crippen molar-refractivity contribution in [2.24, 2.45) is 5.41 Å². The molecule has 5 nitrogen and oxygen atoms in total. The first kappa shape index (κ1) is 22.0. The molecule has 0 spiro atoms. The highest BCUT2D eigenvalue weighted by molar-refractivity contribution is 5.98. The molecular formula is C30H24FN3O2. The summed E-state index contributed by atoms with van der Waals surface area (Å²) in [5, 5.41) is 4.26. The Balaban J connectivity index is 1.33. The van der Waals surface area contributed by atoms with Crippen LogP contribution >= 0.6 is 0 Å². The lowest BCUT2D eigenvalue weighted by molar-refractivity contribution is -0.124. The number of imidazole rings is 1. The van der Waals surface area contributed by atoms with Crippen molar-refractivity contribution >= 4 is 22.6 Å². The third kappa shape index (κ3) is 3.53. The Kier molecular flexibility index (Phi) is 5.11. The van der Waals surface area contributed by atoms with Crippen LogP contribution in [0.2, 0.25) is 0 Å². The number of H-pyrrole nitrogens is 1. The molecule has 0 saturated carbocycles. The lowest BCUT2D eigenvalue weighted by Crippen LogP contribution is -2.38. The fourth-order valence-corrected chi connectivity index (χ4v) is 5.10. The van der Waals surface area contributed by atoms with E-state index in [1.807, 2.05) is 74.5 Å². The first-order valence-corrected chi connectivity index (χ1v) is 11.8. The number of fused-ring (bicyclic) bond motifs is 3. The molecule has 2 N–H and O–H groups in total. The lowest BCUT2D eigenvalue weighted by Gasteiger charge is -2.38. The SMILES string of the molecule is CC(C)(C(=O)Nc1nc(-c2ccc(F)c3ccccc23)c[nH]1)C1c2ccccc2Oc2ccccc21. The van der Waals surface area contributed by atoms with Gasteiger partial charge in [-0.1, -0.05) is 74.5 Å². The fraction of sp³-hybridized carbons (Fsp3) is 0.133. The molecule has 0 unspecified atom stereocenters. The topological polar surface area (TPSA) is 67.0 Å². The smallest absolute Gasteiger partial charge is 0.233 e. The molecule has 1 aliphatic heterocycles. The van der Waals surface area contributed by atoms with E-state index in [1.54, 1.807) is 24.4 Å². The van der Waals surface area contributed by atoms with Crippen molar-refractivity contribution in [3.05, 3.63) is 108 Å². The normalized spacial score (nSPS) is 13.1. The van der Waals surface area contributed by atoms with E-state index in [0.717, 1.165) is 33.6 Å². The molecule has 1 aliphatic rings. The van der Waals surface area contributed by atoms with Crippen molar-refractivity contribution in [2.75, 3.05) is 5.32 Å².